The fraction of sp³-hybridized carbons (Fsp3) is 0.417. The van der Waals surface area contributed by atoms with E-state index in [1.54, 1.807) is 0 Å². The first-order valence-electron chi connectivity index (χ1n) is 6.14. The lowest BCUT2D eigenvalue weighted by Gasteiger charge is -2.17. The number of alkyl carbamates (subject to hydrolysis) is 1. The number of ether oxygens (including phenoxy) is 1. The minimum Gasteiger partial charge on any atom is -0.453 e. The summed E-state index contributed by atoms with van der Waals surface area (Å²) in [5.74, 6) is -0.639. The van der Waals surface area contributed by atoms with Gasteiger partial charge in [0.15, 0.2) is 0 Å². The molecule has 0 aromatic heterocycles. The van der Waals surface area contributed by atoms with E-state index in [1.165, 1.54) is 23.5 Å². The number of rotatable bonds is 3. The summed E-state index contributed by atoms with van der Waals surface area (Å²) in [6.07, 6.45) is -0.123. The van der Waals surface area contributed by atoms with E-state index in [1.807, 2.05) is 0 Å². The first-order valence-corrected chi connectivity index (χ1v) is 8.37. The molecule has 1 aliphatic rings. The number of carbonyl (C=O) groups is 1. The number of benzene rings is 1. The molecule has 0 radical (unpaired) electrons. The van der Waals surface area contributed by atoms with E-state index in [4.69, 9.17) is 0 Å². The van der Waals surface area contributed by atoms with Crippen molar-refractivity contribution in [3.8, 4) is 0 Å². The SMILES string of the molecule is COC(=O)NC1CCN(S(=O)(=O)c2ccc(Br)c(F)c2)C1. The number of hydrogen-bond acceptors (Lipinski definition) is 4. The summed E-state index contributed by atoms with van der Waals surface area (Å²) in [4.78, 5) is 11.0. The van der Waals surface area contributed by atoms with Crippen molar-refractivity contribution in [3.63, 3.8) is 0 Å². The molecule has 1 saturated heterocycles. The van der Waals surface area contributed by atoms with E-state index < -0.39 is 21.9 Å². The van der Waals surface area contributed by atoms with E-state index in [0.717, 1.165) is 6.07 Å². The molecule has 1 aromatic carbocycles. The van der Waals surface area contributed by atoms with Crippen molar-refractivity contribution in [1.29, 1.82) is 0 Å². The largest absolute Gasteiger partial charge is 0.453 e. The normalized spacial score (nSPS) is 19.5. The average molecular weight is 381 g/mol. The standard InChI is InChI=1S/C12H14BrFN2O4S/c1-20-12(17)15-8-4-5-16(7-8)21(18,19)9-2-3-10(13)11(14)6-9/h2-3,6,8H,4-5,7H2,1H3,(H,15,17). The van der Waals surface area contributed by atoms with Gasteiger partial charge in [0.2, 0.25) is 10.0 Å². The Morgan fingerprint density at radius 3 is 2.86 bits per heavy atom. The molecule has 1 fully saturated rings. The van der Waals surface area contributed by atoms with Gasteiger partial charge in [0.25, 0.3) is 0 Å². The monoisotopic (exact) mass is 380 g/mol. The molecule has 1 aliphatic heterocycles. The average Bonchev–Trinajstić information content (AvgIpc) is 2.90. The number of nitrogens with zero attached hydrogens (tertiary/aromatic N) is 1. The zero-order chi connectivity index (χ0) is 15.6. The Kier molecular flexibility index (Phi) is 4.84. The van der Waals surface area contributed by atoms with Gasteiger partial charge >= 0.3 is 6.09 Å². The summed E-state index contributed by atoms with van der Waals surface area (Å²) in [5, 5.41) is 2.55. The third-order valence-electron chi connectivity index (χ3n) is 3.19. The Morgan fingerprint density at radius 2 is 2.24 bits per heavy atom. The lowest BCUT2D eigenvalue weighted by Crippen LogP contribution is -2.38. The zero-order valence-corrected chi connectivity index (χ0v) is 13.6. The zero-order valence-electron chi connectivity index (χ0n) is 11.2. The summed E-state index contributed by atoms with van der Waals surface area (Å²) >= 11 is 2.98. The molecule has 2 rings (SSSR count). The summed E-state index contributed by atoms with van der Waals surface area (Å²) in [6, 6.07) is 3.35. The second-order valence-corrected chi connectivity index (χ2v) is 7.35. The van der Waals surface area contributed by atoms with Gasteiger partial charge in [0, 0.05) is 19.1 Å². The van der Waals surface area contributed by atoms with E-state index in [-0.39, 0.29) is 28.5 Å². The summed E-state index contributed by atoms with van der Waals surface area (Å²) < 4.78 is 44.2. The lowest BCUT2D eigenvalue weighted by atomic mass is 10.3. The smallest absolute Gasteiger partial charge is 0.407 e. The minimum atomic E-state index is -3.77. The van der Waals surface area contributed by atoms with Gasteiger partial charge in [-0.05, 0) is 40.5 Å². The summed E-state index contributed by atoms with van der Waals surface area (Å²) in [7, 11) is -2.53. The third-order valence-corrected chi connectivity index (χ3v) is 5.69. The van der Waals surface area contributed by atoms with Gasteiger partial charge in [0.05, 0.1) is 16.5 Å². The number of carbonyl (C=O) groups excluding carboxylic acids is 1. The van der Waals surface area contributed by atoms with Crippen LogP contribution < -0.4 is 5.32 Å². The summed E-state index contributed by atoms with van der Waals surface area (Å²) in [6.45, 7) is 0.393. The number of amides is 1. The molecule has 116 valence electrons. The molecule has 1 heterocycles. The number of sulfonamides is 1. The summed E-state index contributed by atoms with van der Waals surface area (Å²) in [5.41, 5.74) is 0. The Hall–Kier alpha value is -1.19. The highest BCUT2D eigenvalue weighted by Crippen LogP contribution is 2.24. The molecule has 0 spiro atoms. The van der Waals surface area contributed by atoms with Crippen molar-refractivity contribution in [1.82, 2.24) is 9.62 Å². The molecule has 21 heavy (non-hydrogen) atoms. The molecular weight excluding hydrogens is 367 g/mol. The van der Waals surface area contributed by atoms with Crippen LogP contribution >= 0.6 is 15.9 Å². The molecule has 9 heteroatoms. The van der Waals surface area contributed by atoms with Crippen LogP contribution in [0.3, 0.4) is 0 Å². The molecule has 1 aromatic rings. The van der Waals surface area contributed by atoms with E-state index >= 15 is 0 Å². The number of nitrogens with one attached hydrogen (secondary N) is 1. The first-order chi connectivity index (χ1) is 9.84. The topological polar surface area (TPSA) is 75.7 Å². The highest BCUT2D eigenvalue weighted by molar-refractivity contribution is 9.10. The Labute approximate surface area is 130 Å². The van der Waals surface area contributed by atoms with E-state index in [9.17, 15) is 17.6 Å². The minimum absolute atomic E-state index is 0.109. The van der Waals surface area contributed by atoms with Crippen LogP contribution in [-0.4, -0.2) is 45.1 Å². The van der Waals surface area contributed by atoms with Crippen LogP contribution in [-0.2, 0) is 14.8 Å². The third kappa shape index (κ3) is 3.53. The predicted octanol–water partition coefficient (Wildman–Crippen LogP) is 1.71. The second kappa shape index (κ2) is 6.29. The van der Waals surface area contributed by atoms with Crippen LogP contribution in [0.1, 0.15) is 6.42 Å². The Bertz CT molecular complexity index is 653. The van der Waals surface area contributed by atoms with Gasteiger partial charge in [0.1, 0.15) is 5.82 Å². The molecule has 0 bridgehead atoms. The van der Waals surface area contributed by atoms with E-state index in [0.29, 0.717) is 6.42 Å². The quantitative estimate of drug-likeness (QED) is 0.865. The van der Waals surface area contributed by atoms with Gasteiger partial charge in [-0.1, -0.05) is 0 Å². The highest BCUT2D eigenvalue weighted by Gasteiger charge is 2.33. The van der Waals surface area contributed by atoms with Crippen LogP contribution in [0.5, 0.6) is 0 Å². The van der Waals surface area contributed by atoms with Gasteiger partial charge in [-0.2, -0.15) is 4.31 Å². The van der Waals surface area contributed by atoms with Crippen molar-refractivity contribution in [2.45, 2.75) is 17.4 Å². The van der Waals surface area contributed by atoms with Crippen molar-refractivity contribution in [2.24, 2.45) is 0 Å². The van der Waals surface area contributed by atoms with Crippen LogP contribution in [0.25, 0.3) is 0 Å². The molecule has 1 N–H and O–H groups in total. The molecule has 6 nitrogen and oxygen atoms in total. The Morgan fingerprint density at radius 1 is 1.52 bits per heavy atom. The van der Waals surface area contributed by atoms with Crippen LogP contribution in [0.2, 0.25) is 0 Å². The Balaban J connectivity index is 2.14. The fourth-order valence-corrected chi connectivity index (χ4v) is 3.84. The number of halogens is 2. The predicted molar refractivity (Wildman–Crippen MR) is 76.8 cm³/mol. The van der Waals surface area contributed by atoms with Crippen LogP contribution in [0.4, 0.5) is 9.18 Å². The number of hydrogen-bond donors (Lipinski definition) is 1. The second-order valence-electron chi connectivity index (χ2n) is 4.56. The van der Waals surface area contributed by atoms with Gasteiger partial charge in [-0.3, -0.25) is 0 Å². The molecule has 1 unspecified atom stereocenters. The van der Waals surface area contributed by atoms with Crippen molar-refractivity contribution in [2.75, 3.05) is 20.2 Å². The van der Waals surface area contributed by atoms with E-state index in [2.05, 4.69) is 26.0 Å². The maximum absolute atomic E-state index is 13.5. The molecule has 1 atom stereocenters. The van der Waals surface area contributed by atoms with Crippen molar-refractivity contribution in [3.05, 3.63) is 28.5 Å². The molecular formula is C12H14BrFN2O4S. The molecule has 1 amide bonds. The fourth-order valence-electron chi connectivity index (χ4n) is 2.08. The number of methoxy groups -OCH3 is 1. The maximum atomic E-state index is 13.5. The van der Waals surface area contributed by atoms with Gasteiger partial charge in [-0.25, -0.2) is 17.6 Å². The maximum Gasteiger partial charge on any atom is 0.407 e. The molecule has 0 aliphatic carbocycles. The van der Waals surface area contributed by atoms with Crippen LogP contribution in [0.15, 0.2) is 27.6 Å². The molecule has 0 saturated carbocycles. The van der Waals surface area contributed by atoms with Crippen molar-refractivity contribution < 1.29 is 22.3 Å². The first kappa shape index (κ1) is 16.2. The van der Waals surface area contributed by atoms with Crippen LogP contribution in [0, 0.1) is 5.82 Å². The van der Waals surface area contributed by atoms with Gasteiger partial charge < -0.3 is 10.1 Å². The lowest BCUT2D eigenvalue weighted by molar-refractivity contribution is 0.167. The van der Waals surface area contributed by atoms with Gasteiger partial charge in [-0.15, -0.1) is 0 Å². The highest BCUT2D eigenvalue weighted by atomic mass is 79.9. The van der Waals surface area contributed by atoms with Crippen molar-refractivity contribution >= 4 is 32.0 Å².